The standard InChI is InChI=1S/C36H53N15O8S/c1-18(52)46-23(9-5-11-44-36(41)42)31(56)47-24(12-19-14-45-22-8-3-2-6-20(19)22)32(57)48-25-17-60-29-16-50(34(59)26(13-27(38)53)51(29)33(25)58)15-28(54)49-30(55)21(37)7-4-10-43-35(39)40/h2-3,6,8,14,21,23-26,29,45H,4-5,7,9-13,15-17,37H2,1H3,(H2,38,53)(H,46,52)(H,47,56)(H,48,57)(H4,39,40,43)(H4,41,42,44)(H,49,54,55)/t21-,23-,24-,25-,26+,29?/m0/s1. The molecule has 1 aromatic heterocycles. The van der Waals surface area contributed by atoms with Gasteiger partial charge in [0.15, 0.2) is 11.9 Å². The summed E-state index contributed by atoms with van der Waals surface area (Å²) in [5.41, 5.74) is 34.3. The molecular weight excluding hydrogens is 803 g/mol. The highest BCUT2D eigenvalue weighted by Gasteiger charge is 2.49. The van der Waals surface area contributed by atoms with Crippen molar-refractivity contribution in [1.82, 2.24) is 36.1 Å². The number of aromatic nitrogens is 1. The summed E-state index contributed by atoms with van der Waals surface area (Å²) < 4.78 is 0. The lowest BCUT2D eigenvalue weighted by atomic mass is 10.0. The first-order chi connectivity index (χ1) is 28.4. The van der Waals surface area contributed by atoms with Crippen molar-refractivity contribution in [1.29, 1.82) is 0 Å². The minimum atomic E-state index is -1.43. The zero-order valence-electron chi connectivity index (χ0n) is 33.1. The van der Waals surface area contributed by atoms with Gasteiger partial charge in [0, 0.05) is 49.3 Å². The summed E-state index contributed by atoms with van der Waals surface area (Å²) in [7, 11) is 0. The van der Waals surface area contributed by atoms with Crippen molar-refractivity contribution in [3.05, 3.63) is 36.0 Å². The SMILES string of the molecule is CC(=O)N[C@@H](CCCN=C(N)N)C(=O)N[C@@H](Cc1c[nH]c2ccccc12)C(=O)N[C@H]1CSC2CN(CC(=O)NC(=O)[C@@H](N)CCCN=C(N)N)C(=O)[C@@H](CC(N)=O)N2C1=O. The van der Waals surface area contributed by atoms with Gasteiger partial charge in [0.05, 0.1) is 24.4 Å². The van der Waals surface area contributed by atoms with Gasteiger partial charge in [-0.15, -0.1) is 11.8 Å². The lowest BCUT2D eigenvalue weighted by Gasteiger charge is -2.49. The molecule has 0 saturated carbocycles. The normalized spacial score (nSPS) is 18.9. The molecule has 6 atom stereocenters. The Labute approximate surface area is 348 Å². The molecule has 0 spiro atoms. The van der Waals surface area contributed by atoms with Crippen molar-refractivity contribution in [2.75, 3.05) is 31.9 Å². The number of amides is 8. The van der Waals surface area contributed by atoms with E-state index in [1.54, 1.807) is 6.20 Å². The number of hydrogen-bond acceptors (Lipinski definition) is 12. The van der Waals surface area contributed by atoms with Crippen molar-refractivity contribution in [2.45, 2.75) is 81.0 Å². The van der Waals surface area contributed by atoms with Crippen molar-refractivity contribution in [2.24, 2.45) is 44.4 Å². The molecule has 23 nitrogen and oxygen atoms in total. The van der Waals surface area contributed by atoms with Crippen LogP contribution >= 0.6 is 11.8 Å². The number of para-hydroxylation sites is 1. The van der Waals surface area contributed by atoms with Gasteiger partial charge in [-0.1, -0.05) is 18.2 Å². The number of primary amides is 1. The molecule has 2 aliphatic heterocycles. The molecule has 2 aromatic rings. The maximum atomic E-state index is 14.1. The van der Waals surface area contributed by atoms with Crippen LogP contribution in [0.4, 0.5) is 0 Å². The van der Waals surface area contributed by atoms with Crippen LogP contribution in [0.1, 0.15) is 44.6 Å². The highest BCUT2D eigenvalue weighted by atomic mass is 32.2. The number of hydrogen-bond donors (Lipinski definition) is 11. The minimum Gasteiger partial charge on any atom is -0.370 e. The molecule has 8 amide bonds. The number of piperazine rings is 1. The molecule has 2 fully saturated rings. The fourth-order valence-corrected chi connectivity index (χ4v) is 8.13. The fourth-order valence-electron chi connectivity index (χ4n) is 6.79. The predicted molar refractivity (Wildman–Crippen MR) is 222 cm³/mol. The molecule has 60 heavy (non-hydrogen) atoms. The third-order valence-corrected chi connectivity index (χ3v) is 10.9. The number of nitrogens with one attached hydrogen (secondary N) is 5. The van der Waals surface area contributed by atoms with Gasteiger partial charge >= 0.3 is 0 Å². The van der Waals surface area contributed by atoms with Crippen LogP contribution in [0.2, 0.25) is 0 Å². The van der Waals surface area contributed by atoms with E-state index in [1.165, 1.54) is 23.6 Å². The molecule has 0 bridgehead atoms. The number of carbonyl (C=O) groups is 8. The van der Waals surface area contributed by atoms with Crippen molar-refractivity contribution in [3.8, 4) is 0 Å². The van der Waals surface area contributed by atoms with Gasteiger partial charge in [-0.2, -0.15) is 0 Å². The van der Waals surface area contributed by atoms with Crippen LogP contribution < -0.4 is 55.7 Å². The second kappa shape index (κ2) is 21.5. The summed E-state index contributed by atoms with van der Waals surface area (Å²) in [6.45, 7) is 0.932. The molecule has 2 aliphatic rings. The van der Waals surface area contributed by atoms with Crippen LogP contribution in [-0.4, -0.2) is 141 Å². The number of guanidine groups is 2. The molecule has 3 heterocycles. The van der Waals surface area contributed by atoms with Crippen LogP contribution in [0.5, 0.6) is 0 Å². The Hall–Kier alpha value is -6.43. The number of thioether (sulfide) groups is 1. The lowest BCUT2D eigenvalue weighted by Crippen LogP contribution is -2.69. The van der Waals surface area contributed by atoms with Gasteiger partial charge in [-0.05, 0) is 37.3 Å². The summed E-state index contributed by atoms with van der Waals surface area (Å²) in [6, 6.07) is 1.32. The molecule has 1 aromatic carbocycles. The predicted octanol–water partition coefficient (Wildman–Crippen LogP) is -4.75. The zero-order chi connectivity index (χ0) is 44.1. The third-order valence-electron chi connectivity index (χ3n) is 9.61. The number of nitrogens with zero attached hydrogens (tertiary/aromatic N) is 4. The number of aliphatic imine (C=N–C) groups is 2. The van der Waals surface area contributed by atoms with Gasteiger partial charge in [-0.3, -0.25) is 53.7 Å². The van der Waals surface area contributed by atoms with E-state index in [2.05, 4.69) is 36.2 Å². The maximum Gasteiger partial charge on any atom is 0.247 e. The monoisotopic (exact) mass is 855 g/mol. The van der Waals surface area contributed by atoms with Gasteiger partial charge in [0.25, 0.3) is 0 Å². The van der Waals surface area contributed by atoms with E-state index in [0.29, 0.717) is 18.4 Å². The quantitative estimate of drug-likeness (QED) is 0.0339. The Morgan fingerprint density at radius 2 is 1.55 bits per heavy atom. The smallest absolute Gasteiger partial charge is 0.247 e. The van der Waals surface area contributed by atoms with Crippen LogP contribution in [0.15, 0.2) is 40.4 Å². The molecule has 326 valence electrons. The van der Waals surface area contributed by atoms with Crippen molar-refractivity contribution < 1.29 is 38.4 Å². The molecule has 24 heteroatoms. The van der Waals surface area contributed by atoms with E-state index in [0.717, 1.165) is 15.8 Å². The molecular formula is C36H53N15O8S. The summed E-state index contributed by atoms with van der Waals surface area (Å²) in [6.07, 6.45) is 2.08. The van der Waals surface area contributed by atoms with E-state index in [1.807, 2.05) is 24.3 Å². The van der Waals surface area contributed by atoms with Crippen LogP contribution in [0.3, 0.4) is 0 Å². The largest absolute Gasteiger partial charge is 0.370 e. The number of aromatic amines is 1. The minimum absolute atomic E-state index is 0.0174. The second-order valence-electron chi connectivity index (χ2n) is 14.3. The highest BCUT2D eigenvalue weighted by Crippen LogP contribution is 2.32. The number of benzene rings is 1. The number of fused-ring (bicyclic) bond motifs is 2. The first-order valence-electron chi connectivity index (χ1n) is 19.1. The van der Waals surface area contributed by atoms with Gasteiger partial charge in [0.2, 0.25) is 47.3 Å². The van der Waals surface area contributed by atoms with Crippen molar-refractivity contribution >= 4 is 81.8 Å². The number of rotatable bonds is 20. The Morgan fingerprint density at radius 1 is 0.883 bits per heavy atom. The average molecular weight is 856 g/mol. The van der Waals surface area contributed by atoms with Gasteiger partial charge < -0.3 is 65.1 Å². The molecule has 1 unspecified atom stereocenters. The first kappa shape index (κ1) is 46.3. The molecule has 2 saturated heterocycles. The average Bonchev–Trinajstić information content (AvgIpc) is 3.58. The number of nitrogens with two attached hydrogens (primary N) is 6. The molecule has 17 N–H and O–H groups in total. The maximum absolute atomic E-state index is 14.1. The van der Waals surface area contributed by atoms with Gasteiger partial charge in [-0.25, -0.2) is 0 Å². The van der Waals surface area contributed by atoms with E-state index in [-0.39, 0.29) is 56.6 Å². The van der Waals surface area contributed by atoms with Crippen LogP contribution in [0.25, 0.3) is 10.9 Å². The molecule has 0 aliphatic carbocycles. The molecule has 4 rings (SSSR count). The highest BCUT2D eigenvalue weighted by molar-refractivity contribution is 8.00. The third kappa shape index (κ3) is 13.0. The van der Waals surface area contributed by atoms with E-state index < -0.39 is 95.8 Å². The Morgan fingerprint density at radius 3 is 2.20 bits per heavy atom. The Kier molecular flexibility index (Phi) is 16.6. The topological polar surface area (TPSA) is 388 Å². The summed E-state index contributed by atoms with van der Waals surface area (Å²) >= 11 is 1.18. The second-order valence-corrected chi connectivity index (χ2v) is 15.5. The summed E-state index contributed by atoms with van der Waals surface area (Å²) in [5.74, 6) is -6.11. The Bertz CT molecular complexity index is 2000. The Balaban J connectivity index is 1.49. The van der Waals surface area contributed by atoms with Crippen LogP contribution in [-0.2, 0) is 44.8 Å². The number of imide groups is 1. The van der Waals surface area contributed by atoms with Gasteiger partial charge in [0.1, 0.15) is 30.7 Å². The van der Waals surface area contributed by atoms with E-state index in [9.17, 15) is 38.4 Å². The molecule has 0 radical (unpaired) electrons. The lowest BCUT2D eigenvalue weighted by molar-refractivity contribution is -0.157. The van der Waals surface area contributed by atoms with Crippen LogP contribution in [0, 0.1) is 0 Å². The zero-order valence-corrected chi connectivity index (χ0v) is 33.9. The van der Waals surface area contributed by atoms with E-state index in [4.69, 9.17) is 34.4 Å². The van der Waals surface area contributed by atoms with E-state index >= 15 is 0 Å². The number of carbonyl (C=O) groups excluding carboxylic acids is 8. The fraction of sp³-hybridized carbons (Fsp3) is 0.500. The number of H-pyrrole nitrogens is 1. The van der Waals surface area contributed by atoms with Crippen molar-refractivity contribution in [3.63, 3.8) is 0 Å². The summed E-state index contributed by atoms with van der Waals surface area (Å²) in [5, 5.41) is 10.2. The summed E-state index contributed by atoms with van der Waals surface area (Å²) in [4.78, 5) is 119. The first-order valence-corrected chi connectivity index (χ1v) is 20.1.